The van der Waals surface area contributed by atoms with E-state index in [1.165, 1.54) is 14.0 Å². The third kappa shape index (κ3) is 5.89. The standard InChI is InChI=1S/C20H22ClNO5/c1-12-6-5-7-16(10-12)26-14(3)20(24)27-13(2)19(23)22-17-11-15(21)8-9-18(17)25-4/h5-11,13-14H,1-4H3,(H,22,23)/t13-,14+/m0/s1. The van der Waals surface area contributed by atoms with E-state index in [-0.39, 0.29) is 0 Å². The van der Waals surface area contributed by atoms with Crippen LogP contribution in [-0.4, -0.2) is 31.2 Å². The van der Waals surface area contributed by atoms with Crippen LogP contribution in [0.15, 0.2) is 42.5 Å². The molecule has 0 radical (unpaired) electrons. The zero-order valence-corrected chi connectivity index (χ0v) is 16.4. The molecule has 0 bridgehead atoms. The van der Waals surface area contributed by atoms with Gasteiger partial charge in [0.15, 0.2) is 12.2 Å². The molecule has 27 heavy (non-hydrogen) atoms. The van der Waals surface area contributed by atoms with Crippen molar-refractivity contribution < 1.29 is 23.8 Å². The third-order valence-corrected chi connectivity index (χ3v) is 3.95. The van der Waals surface area contributed by atoms with Gasteiger partial charge < -0.3 is 19.5 Å². The van der Waals surface area contributed by atoms with Crippen LogP contribution in [0.25, 0.3) is 0 Å². The Kier molecular flexibility index (Phi) is 7.07. The second kappa shape index (κ2) is 9.28. The predicted octanol–water partition coefficient (Wildman–Crippen LogP) is 3.99. The largest absolute Gasteiger partial charge is 0.495 e. The van der Waals surface area contributed by atoms with Crippen LogP contribution >= 0.6 is 11.6 Å². The SMILES string of the molecule is COc1ccc(Cl)cc1NC(=O)[C@H](C)OC(=O)[C@@H](C)Oc1cccc(C)c1. The average molecular weight is 392 g/mol. The van der Waals surface area contributed by atoms with Crippen LogP contribution in [0.1, 0.15) is 19.4 Å². The summed E-state index contributed by atoms with van der Waals surface area (Å²) in [7, 11) is 1.48. The fourth-order valence-electron chi connectivity index (χ4n) is 2.28. The lowest BCUT2D eigenvalue weighted by Crippen LogP contribution is -2.35. The summed E-state index contributed by atoms with van der Waals surface area (Å²) >= 11 is 5.94. The Morgan fingerprint density at radius 2 is 1.81 bits per heavy atom. The minimum atomic E-state index is -1.02. The van der Waals surface area contributed by atoms with Gasteiger partial charge in [-0.1, -0.05) is 23.7 Å². The van der Waals surface area contributed by atoms with E-state index < -0.39 is 24.1 Å². The third-order valence-electron chi connectivity index (χ3n) is 3.72. The smallest absolute Gasteiger partial charge is 0.347 e. The average Bonchev–Trinajstić information content (AvgIpc) is 2.61. The number of carbonyl (C=O) groups excluding carboxylic acids is 2. The van der Waals surface area contributed by atoms with Crippen molar-refractivity contribution in [1.82, 2.24) is 0 Å². The Bertz CT molecular complexity index is 824. The van der Waals surface area contributed by atoms with E-state index in [1.807, 2.05) is 25.1 Å². The molecule has 0 saturated carbocycles. The van der Waals surface area contributed by atoms with Crippen molar-refractivity contribution >= 4 is 29.2 Å². The molecule has 7 heteroatoms. The quantitative estimate of drug-likeness (QED) is 0.722. The van der Waals surface area contributed by atoms with Gasteiger partial charge in [0.1, 0.15) is 11.5 Å². The minimum absolute atomic E-state index is 0.391. The number of rotatable bonds is 7. The molecule has 0 aliphatic carbocycles. The zero-order chi connectivity index (χ0) is 20.0. The van der Waals surface area contributed by atoms with Gasteiger partial charge in [-0.2, -0.15) is 0 Å². The van der Waals surface area contributed by atoms with Crippen molar-refractivity contribution in [3.8, 4) is 11.5 Å². The maximum Gasteiger partial charge on any atom is 0.347 e. The van der Waals surface area contributed by atoms with Crippen LogP contribution in [0.5, 0.6) is 11.5 Å². The monoisotopic (exact) mass is 391 g/mol. The van der Waals surface area contributed by atoms with Gasteiger partial charge in [-0.05, 0) is 56.7 Å². The topological polar surface area (TPSA) is 73.9 Å². The fourth-order valence-corrected chi connectivity index (χ4v) is 2.45. The lowest BCUT2D eigenvalue weighted by molar-refractivity contribution is -0.159. The summed E-state index contributed by atoms with van der Waals surface area (Å²) in [5.74, 6) is -0.147. The van der Waals surface area contributed by atoms with Crippen LogP contribution in [0.3, 0.4) is 0 Å². The molecule has 0 fully saturated rings. The van der Waals surface area contributed by atoms with E-state index in [9.17, 15) is 9.59 Å². The van der Waals surface area contributed by atoms with Crippen LogP contribution in [0.2, 0.25) is 5.02 Å². The predicted molar refractivity (Wildman–Crippen MR) is 103 cm³/mol. The summed E-state index contributed by atoms with van der Waals surface area (Å²) in [4.78, 5) is 24.5. The number of benzene rings is 2. The number of hydrogen-bond acceptors (Lipinski definition) is 5. The highest BCUT2D eigenvalue weighted by atomic mass is 35.5. The molecule has 0 heterocycles. The molecule has 6 nitrogen and oxygen atoms in total. The summed E-state index contributed by atoms with van der Waals surface area (Å²) in [6, 6.07) is 12.1. The van der Waals surface area contributed by atoms with E-state index in [0.29, 0.717) is 22.2 Å². The van der Waals surface area contributed by atoms with Gasteiger partial charge in [0.05, 0.1) is 12.8 Å². The van der Waals surface area contributed by atoms with Gasteiger partial charge in [0.2, 0.25) is 0 Å². The van der Waals surface area contributed by atoms with Crippen molar-refractivity contribution in [1.29, 1.82) is 0 Å². The van der Waals surface area contributed by atoms with E-state index in [2.05, 4.69) is 5.32 Å². The molecule has 0 aromatic heterocycles. The number of nitrogens with one attached hydrogen (secondary N) is 1. The Balaban J connectivity index is 1.95. The number of halogens is 1. The van der Waals surface area contributed by atoms with Gasteiger partial charge in [-0.25, -0.2) is 4.79 Å². The van der Waals surface area contributed by atoms with Crippen LogP contribution in [0.4, 0.5) is 5.69 Å². The Labute approximate surface area is 163 Å². The number of esters is 1. The molecule has 0 unspecified atom stereocenters. The van der Waals surface area contributed by atoms with Gasteiger partial charge in [-0.3, -0.25) is 4.79 Å². The number of amides is 1. The Hall–Kier alpha value is -2.73. The molecule has 0 aliphatic rings. The highest BCUT2D eigenvalue weighted by molar-refractivity contribution is 6.31. The van der Waals surface area contributed by atoms with Gasteiger partial charge in [0.25, 0.3) is 5.91 Å². The summed E-state index contributed by atoms with van der Waals surface area (Å²) in [5, 5.41) is 3.08. The van der Waals surface area contributed by atoms with Crippen molar-refractivity contribution in [2.75, 3.05) is 12.4 Å². The first-order valence-electron chi connectivity index (χ1n) is 8.38. The molecule has 2 atom stereocenters. The van der Waals surface area contributed by atoms with Gasteiger partial charge >= 0.3 is 5.97 Å². The number of methoxy groups -OCH3 is 1. The number of ether oxygens (including phenoxy) is 3. The number of aryl methyl sites for hydroxylation is 1. The first-order chi connectivity index (χ1) is 12.8. The molecule has 1 amide bonds. The van der Waals surface area contributed by atoms with Crippen molar-refractivity contribution in [2.24, 2.45) is 0 Å². The molecule has 0 aliphatic heterocycles. The highest BCUT2D eigenvalue weighted by Crippen LogP contribution is 2.27. The summed E-state index contributed by atoms with van der Waals surface area (Å²) in [6.07, 6.45) is -1.88. The normalized spacial score (nSPS) is 12.6. The van der Waals surface area contributed by atoms with E-state index >= 15 is 0 Å². The summed E-state index contributed by atoms with van der Waals surface area (Å²) in [5.41, 5.74) is 1.40. The lowest BCUT2D eigenvalue weighted by atomic mass is 10.2. The molecular formula is C20H22ClNO5. The van der Waals surface area contributed by atoms with E-state index in [4.69, 9.17) is 25.8 Å². The molecule has 0 spiro atoms. The van der Waals surface area contributed by atoms with Gasteiger partial charge in [0, 0.05) is 5.02 Å². The number of hydrogen-bond donors (Lipinski definition) is 1. The molecule has 2 aromatic carbocycles. The van der Waals surface area contributed by atoms with Crippen molar-refractivity contribution in [2.45, 2.75) is 33.0 Å². The Morgan fingerprint density at radius 3 is 2.48 bits per heavy atom. The second-order valence-corrected chi connectivity index (χ2v) is 6.43. The minimum Gasteiger partial charge on any atom is -0.495 e. The van der Waals surface area contributed by atoms with Crippen molar-refractivity contribution in [3.63, 3.8) is 0 Å². The van der Waals surface area contributed by atoms with Crippen molar-refractivity contribution in [3.05, 3.63) is 53.1 Å². The van der Waals surface area contributed by atoms with E-state index in [0.717, 1.165) is 5.56 Å². The second-order valence-electron chi connectivity index (χ2n) is 5.99. The van der Waals surface area contributed by atoms with Gasteiger partial charge in [-0.15, -0.1) is 0 Å². The lowest BCUT2D eigenvalue weighted by Gasteiger charge is -2.18. The highest BCUT2D eigenvalue weighted by Gasteiger charge is 2.24. The first kappa shape index (κ1) is 20.6. The number of anilines is 1. The fraction of sp³-hybridized carbons (Fsp3) is 0.300. The van der Waals surface area contributed by atoms with E-state index in [1.54, 1.807) is 31.2 Å². The summed E-state index contributed by atoms with van der Waals surface area (Å²) in [6.45, 7) is 4.96. The zero-order valence-electron chi connectivity index (χ0n) is 15.6. The molecular weight excluding hydrogens is 370 g/mol. The van der Waals surface area contributed by atoms with Crippen LogP contribution < -0.4 is 14.8 Å². The molecule has 1 N–H and O–H groups in total. The summed E-state index contributed by atoms with van der Waals surface area (Å²) < 4.78 is 15.9. The van der Waals surface area contributed by atoms with Crippen LogP contribution in [0, 0.1) is 6.92 Å². The molecule has 2 aromatic rings. The molecule has 144 valence electrons. The number of carbonyl (C=O) groups is 2. The molecule has 0 saturated heterocycles. The van der Waals surface area contributed by atoms with Crippen LogP contribution in [-0.2, 0) is 14.3 Å². The Morgan fingerprint density at radius 1 is 1.07 bits per heavy atom. The first-order valence-corrected chi connectivity index (χ1v) is 8.76. The maximum atomic E-state index is 12.3. The molecule has 2 rings (SSSR count). The maximum absolute atomic E-state index is 12.3.